The molecule has 2 aliphatic carbocycles. The molecule has 4 rings (SSSR count). The van der Waals surface area contributed by atoms with Crippen molar-refractivity contribution in [1.29, 1.82) is 0 Å². The molecule has 2 bridgehead atoms. The molecule has 2 aromatic rings. The van der Waals surface area contributed by atoms with Crippen LogP contribution in [0.2, 0.25) is 5.02 Å². The van der Waals surface area contributed by atoms with E-state index in [0.717, 1.165) is 6.07 Å². The number of hydrogen-bond donors (Lipinski definition) is 5. The standard InChI is InChI=1S/C26H28ClF3N4O6S/c27-17-4-1-12(24(36)34-15-8-18(28)23(30)19(29)9-15)5-21(17)41(39,40)16-6-13-2-3-14(7-16)26(13,38)11-33-25(37)20(31)10-22(32)35/h1,4-5,8-9,13-14,16,20,38H,2-3,6-7,10-11,31H2,(H2,32,35)(H,33,37)(H,34,36)/t13-,14?,16-,20-,26-/m0/s1. The average molecular weight is 617 g/mol. The summed E-state index contributed by atoms with van der Waals surface area (Å²) in [5.41, 5.74) is 8.77. The number of anilines is 1. The van der Waals surface area contributed by atoms with E-state index in [1.54, 1.807) is 0 Å². The van der Waals surface area contributed by atoms with Crippen molar-refractivity contribution in [2.24, 2.45) is 23.3 Å². The fourth-order valence-corrected chi connectivity index (χ4v) is 8.10. The molecule has 10 nitrogen and oxygen atoms in total. The van der Waals surface area contributed by atoms with Crippen LogP contribution in [0.25, 0.3) is 0 Å². The highest BCUT2D eigenvalue weighted by atomic mass is 35.5. The number of benzene rings is 2. The Morgan fingerprint density at radius 1 is 1.07 bits per heavy atom. The SMILES string of the molecule is NC(=O)C[C@H](N)C(=O)NC[C@@]1(O)C2CC[C@H]1C[C@H](S(=O)(=O)c1cc(C(=O)Nc3cc(F)c(F)c(F)c3)ccc1Cl)C2. The van der Waals surface area contributed by atoms with Gasteiger partial charge in [0, 0.05) is 29.9 Å². The quantitative estimate of drug-likeness (QED) is 0.267. The largest absolute Gasteiger partial charge is 0.387 e. The lowest BCUT2D eigenvalue weighted by atomic mass is 9.74. The number of hydrogen-bond acceptors (Lipinski definition) is 7. The summed E-state index contributed by atoms with van der Waals surface area (Å²) in [4.78, 5) is 35.7. The highest BCUT2D eigenvalue weighted by Crippen LogP contribution is 2.52. The molecule has 0 heterocycles. The molecule has 0 aromatic heterocycles. The predicted molar refractivity (Wildman–Crippen MR) is 142 cm³/mol. The summed E-state index contributed by atoms with van der Waals surface area (Å²) in [7, 11) is -4.13. The number of carbonyl (C=O) groups is 3. The molecule has 0 radical (unpaired) electrons. The number of nitrogens with two attached hydrogens (primary N) is 2. The van der Waals surface area contributed by atoms with Crippen LogP contribution in [0.4, 0.5) is 18.9 Å². The molecule has 15 heteroatoms. The average Bonchev–Trinajstić information content (AvgIpc) is 3.05. The van der Waals surface area contributed by atoms with Gasteiger partial charge in [-0.05, 0) is 55.7 Å². The van der Waals surface area contributed by atoms with E-state index in [1.165, 1.54) is 12.1 Å². The Morgan fingerprint density at radius 3 is 2.22 bits per heavy atom. The molecule has 0 aliphatic heterocycles. The van der Waals surface area contributed by atoms with Gasteiger partial charge in [-0.25, -0.2) is 21.6 Å². The number of nitrogens with one attached hydrogen (secondary N) is 2. The lowest BCUT2D eigenvalue weighted by molar-refractivity contribution is -0.128. The van der Waals surface area contributed by atoms with E-state index in [4.69, 9.17) is 23.1 Å². The first-order chi connectivity index (χ1) is 19.1. The van der Waals surface area contributed by atoms with Crippen LogP contribution in [0.1, 0.15) is 42.5 Å². The van der Waals surface area contributed by atoms with Gasteiger partial charge in [0.2, 0.25) is 11.8 Å². The Labute approximate surface area is 238 Å². The first kappa shape index (κ1) is 30.8. The Hall–Kier alpha value is -3.20. The van der Waals surface area contributed by atoms with Crippen molar-refractivity contribution in [3.63, 3.8) is 0 Å². The van der Waals surface area contributed by atoms with Gasteiger partial charge in [0.05, 0.1) is 33.2 Å². The second kappa shape index (κ2) is 11.6. The first-order valence-electron chi connectivity index (χ1n) is 12.7. The van der Waals surface area contributed by atoms with Gasteiger partial charge in [-0.15, -0.1) is 0 Å². The molecule has 5 atom stereocenters. The molecule has 2 fully saturated rings. The number of halogens is 4. The Bertz CT molecular complexity index is 1470. The van der Waals surface area contributed by atoms with Crippen molar-refractivity contribution in [2.75, 3.05) is 11.9 Å². The maximum absolute atomic E-state index is 13.7. The van der Waals surface area contributed by atoms with Gasteiger partial charge in [-0.1, -0.05) is 11.6 Å². The van der Waals surface area contributed by atoms with Crippen molar-refractivity contribution in [2.45, 2.75) is 53.9 Å². The number of aliphatic hydroxyl groups is 1. The topological polar surface area (TPSA) is 182 Å². The van der Waals surface area contributed by atoms with E-state index in [0.29, 0.717) is 25.0 Å². The van der Waals surface area contributed by atoms with E-state index in [2.05, 4.69) is 10.6 Å². The highest BCUT2D eigenvalue weighted by Gasteiger charge is 2.55. The lowest BCUT2D eigenvalue weighted by Crippen LogP contribution is -2.56. The summed E-state index contributed by atoms with van der Waals surface area (Å²) in [6, 6.07) is 3.45. The zero-order valence-electron chi connectivity index (χ0n) is 21.5. The second-order valence-corrected chi connectivity index (χ2v) is 13.1. The van der Waals surface area contributed by atoms with Crippen LogP contribution in [0.3, 0.4) is 0 Å². The number of sulfone groups is 1. The number of carbonyl (C=O) groups excluding carboxylic acids is 3. The first-order valence-corrected chi connectivity index (χ1v) is 14.6. The molecule has 3 amide bonds. The van der Waals surface area contributed by atoms with Gasteiger partial charge < -0.3 is 27.2 Å². The third-order valence-electron chi connectivity index (χ3n) is 7.86. The summed E-state index contributed by atoms with van der Waals surface area (Å²) in [6.07, 6.45) is 0.764. The molecular weight excluding hydrogens is 589 g/mol. The van der Waals surface area contributed by atoms with Gasteiger partial charge in [-0.3, -0.25) is 14.4 Å². The molecule has 2 aliphatic rings. The van der Waals surface area contributed by atoms with Crippen molar-refractivity contribution in [3.05, 3.63) is 58.4 Å². The van der Waals surface area contributed by atoms with E-state index >= 15 is 0 Å². The second-order valence-electron chi connectivity index (χ2n) is 10.4. The van der Waals surface area contributed by atoms with Crippen molar-refractivity contribution < 1.29 is 41.1 Å². The lowest BCUT2D eigenvalue weighted by Gasteiger charge is -2.42. The summed E-state index contributed by atoms with van der Waals surface area (Å²) in [5.74, 6) is -8.03. The van der Waals surface area contributed by atoms with Crippen LogP contribution in [0.5, 0.6) is 0 Å². The molecular formula is C26H28ClF3N4O6S. The summed E-state index contributed by atoms with van der Waals surface area (Å²) in [6.45, 7) is -0.179. The minimum Gasteiger partial charge on any atom is -0.387 e. The van der Waals surface area contributed by atoms with Gasteiger partial charge >= 0.3 is 0 Å². The summed E-state index contributed by atoms with van der Waals surface area (Å²) < 4.78 is 67.7. The maximum atomic E-state index is 13.7. The number of fused-ring (bicyclic) bond motifs is 2. The van der Waals surface area contributed by atoms with Gasteiger partial charge in [0.15, 0.2) is 27.3 Å². The van der Waals surface area contributed by atoms with Crippen LogP contribution < -0.4 is 22.1 Å². The molecule has 41 heavy (non-hydrogen) atoms. The van der Waals surface area contributed by atoms with Crippen LogP contribution >= 0.6 is 11.6 Å². The third kappa shape index (κ3) is 6.20. The van der Waals surface area contributed by atoms with Crippen molar-refractivity contribution in [1.82, 2.24) is 5.32 Å². The molecule has 222 valence electrons. The molecule has 0 saturated heterocycles. The van der Waals surface area contributed by atoms with Crippen LogP contribution in [-0.2, 0) is 19.4 Å². The monoisotopic (exact) mass is 616 g/mol. The fraction of sp³-hybridized carbons (Fsp3) is 0.423. The predicted octanol–water partition coefficient (Wildman–Crippen LogP) is 2.02. The van der Waals surface area contributed by atoms with Crippen molar-refractivity contribution in [3.8, 4) is 0 Å². The fourth-order valence-electron chi connectivity index (χ4n) is 5.69. The molecule has 2 aromatic carbocycles. The van der Waals surface area contributed by atoms with E-state index < -0.39 is 73.7 Å². The summed E-state index contributed by atoms with van der Waals surface area (Å²) in [5, 5.41) is 15.0. The Balaban J connectivity index is 1.50. The summed E-state index contributed by atoms with van der Waals surface area (Å²) >= 11 is 6.23. The number of primary amides is 1. The Kier molecular flexibility index (Phi) is 8.69. The molecule has 2 saturated carbocycles. The third-order valence-corrected chi connectivity index (χ3v) is 10.5. The number of amides is 3. The van der Waals surface area contributed by atoms with E-state index in [-0.39, 0.29) is 47.0 Å². The van der Waals surface area contributed by atoms with Crippen LogP contribution in [0, 0.1) is 29.3 Å². The van der Waals surface area contributed by atoms with Crippen molar-refractivity contribution >= 4 is 44.8 Å². The maximum Gasteiger partial charge on any atom is 0.255 e. The smallest absolute Gasteiger partial charge is 0.255 e. The van der Waals surface area contributed by atoms with Gasteiger partial charge in [0.1, 0.15) is 0 Å². The minimum absolute atomic E-state index is 0.0550. The zero-order chi connectivity index (χ0) is 30.3. The van der Waals surface area contributed by atoms with E-state index in [9.17, 15) is 41.1 Å². The molecule has 0 spiro atoms. The highest BCUT2D eigenvalue weighted by molar-refractivity contribution is 7.92. The van der Waals surface area contributed by atoms with Gasteiger partial charge in [-0.2, -0.15) is 0 Å². The number of rotatable bonds is 9. The van der Waals surface area contributed by atoms with E-state index in [1.807, 2.05) is 0 Å². The van der Waals surface area contributed by atoms with Crippen LogP contribution in [0.15, 0.2) is 35.2 Å². The zero-order valence-corrected chi connectivity index (χ0v) is 23.1. The minimum atomic E-state index is -4.13. The molecule has 1 unspecified atom stereocenters. The van der Waals surface area contributed by atoms with Crippen LogP contribution in [-0.4, -0.2) is 54.7 Å². The Morgan fingerprint density at radius 2 is 1.66 bits per heavy atom. The normalized spacial score (nSPS) is 24.5. The van der Waals surface area contributed by atoms with Gasteiger partial charge in [0.25, 0.3) is 5.91 Å². The molecule has 7 N–H and O–H groups in total.